The molecule has 1 heterocycles. The van der Waals surface area contributed by atoms with Gasteiger partial charge in [-0.3, -0.25) is 4.79 Å². The predicted octanol–water partition coefficient (Wildman–Crippen LogP) is 3.90. The first-order valence-electron chi connectivity index (χ1n) is 9.01. The lowest BCUT2D eigenvalue weighted by Gasteiger charge is -2.13. The van der Waals surface area contributed by atoms with Crippen LogP contribution in [0.4, 0.5) is 11.4 Å². The fourth-order valence-electron chi connectivity index (χ4n) is 2.99. The highest BCUT2D eigenvalue weighted by molar-refractivity contribution is 7.99. The summed E-state index contributed by atoms with van der Waals surface area (Å²) >= 11 is 1.38. The lowest BCUT2D eigenvalue weighted by molar-refractivity contribution is -0.113. The molecule has 0 bridgehead atoms. The summed E-state index contributed by atoms with van der Waals surface area (Å²) < 4.78 is 1.92. The lowest BCUT2D eigenvalue weighted by Crippen LogP contribution is -2.14. The van der Waals surface area contributed by atoms with E-state index in [0.717, 1.165) is 33.9 Å². The topological polar surface area (TPSA) is 63.1 Å². The van der Waals surface area contributed by atoms with Crippen LogP contribution < -0.4 is 10.2 Å². The average molecular weight is 396 g/mol. The maximum atomic E-state index is 12.3. The SMILES string of the molecule is Cc1cc(C)cc(NC(=O)CSc2nnc(-c3cccc(N(C)C)c3)n2C)c1. The number of nitrogens with one attached hydrogen (secondary N) is 1. The molecule has 2 aromatic carbocycles. The van der Waals surface area contributed by atoms with E-state index in [1.54, 1.807) is 0 Å². The van der Waals surface area contributed by atoms with E-state index in [1.165, 1.54) is 11.8 Å². The fourth-order valence-corrected chi connectivity index (χ4v) is 3.70. The van der Waals surface area contributed by atoms with Crippen LogP contribution in [0.1, 0.15) is 11.1 Å². The number of carbonyl (C=O) groups excluding carboxylic acids is 1. The van der Waals surface area contributed by atoms with E-state index in [1.807, 2.05) is 74.8 Å². The molecule has 0 fully saturated rings. The maximum Gasteiger partial charge on any atom is 0.234 e. The number of aromatic nitrogens is 3. The van der Waals surface area contributed by atoms with E-state index in [4.69, 9.17) is 0 Å². The molecular weight excluding hydrogens is 370 g/mol. The highest BCUT2D eigenvalue weighted by atomic mass is 32.2. The second-order valence-electron chi connectivity index (χ2n) is 7.02. The van der Waals surface area contributed by atoms with Crippen LogP contribution >= 0.6 is 11.8 Å². The summed E-state index contributed by atoms with van der Waals surface area (Å²) in [6, 6.07) is 14.2. The monoisotopic (exact) mass is 395 g/mol. The Labute approximate surface area is 170 Å². The summed E-state index contributed by atoms with van der Waals surface area (Å²) in [5, 5.41) is 12.2. The molecule has 7 heteroatoms. The summed E-state index contributed by atoms with van der Waals surface area (Å²) in [4.78, 5) is 14.4. The van der Waals surface area contributed by atoms with Gasteiger partial charge in [0.25, 0.3) is 0 Å². The molecule has 146 valence electrons. The number of thioether (sulfide) groups is 1. The number of rotatable bonds is 6. The third kappa shape index (κ3) is 4.72. The predicted molar refractivity (Wildman–Crippen MR) is 116 cm³/mol. The van der Waals surface area contributed by atoms with Gasteiger partial charge in [0.05, 0.1) is 5.75 Å². The molecule has 3 rings (SSSR count). The summed E-state index contributed by atoms with van der Waals surface area (Å²) in [5.74, 6) is 0.992. The van der Waals surface area contributed by atoms with Crippen molar-refractivity contribution in [2.45, 2.75) is 19.0 Å². The van der Waals surface area contributed by atoms with Gasteiger partial charge >= 0.3 is 0 Å². The zero-order valence-electron chi connectivity index (χ0n) is 16.9. The van der Waals surface area contributed by atoms with Crippen LogP contribution in [0.5, 0.6) is 0 Å². The largest absolute Gasteiger partial charge is 0.378 e. The van der Waals surface area contributed by atoms with Gasteiger partial charge in [0.15, 0.2) is 11.0 Å². The molecular formula is C21H25N5OS. The Bertz CT molecular complexity index is 976. The first-order chi connectivity index (χ1) is 13.3. The number of hydrogen-bond donors (Lipinski definition) is 1. The molecule has 3 aromatic rings. The number of aryl methyl sites for hydroxylation is 2. The number of benzene rings is 2. The van der Waals surface area contributed by atoms with Gasteiger partial charge in [-0.05, 0) is 49.2 Å². The third-order valence-corrected chi connectivity index (χ3v) is 5.31. The van der Waals surface area contributed by atoms with Gasteiger partial charge in [-0.2, -0.15) is 0 Å². The van der Waals surface area contributed by atoms with Crippen molar-refractivity contribution in [3.8, 4) is 11.4 Å². The molecule has 28 heavy (non-hydrogen) atoms. The van der Waals surface area contributed by atoms with Gasteiger partial charge in [0.1, 0.15) is 0 Å². The van der Waals surface area contributed by atoms with Gasteiger partial charge in [-0.25, -0.2) is 0 Å². The van der Waals surface area contributed by atoms with Crippen molar-refractivity contribution in [1.29, 1.82) is 0 Å². The van der Waals surface area contributed by atoms with E-state index < -0.39 is 0 Å². The summed E-state index contributed by atoms with van der Waals surface area (Å²) in [6.45, 7) is 4.04. The molecule has 0 aliphatic heterocycles. The standard InChI is InChI=1S/C21H25N5OS/c1-14-9-15(2)11-17(10-14)22-19(27)13-28-21-24-23-20(26(21)5)16-7-6-8-18(12-16)25(3)4/h6-12H,13H2,1-5H3,(H,22,27). The Kier molecular flexibility index (Phi) is 6.04. The number of carbonyl (C=O) groups is 1. The van der Waals surface area contributed by atoms with Crippen LogP contribution in [0.2, 0.25) is 0 Å². The number of anilines is 2. The van der Waals surface area contributed by atoms with Gasteiger partial charge < -0.3 is 14.8 Å². The molecule has 0 saturated carbocycles. The second kappa shape index (κ2) is 8.48. The van der Waals surface area contributed by atoms with Crippen molar-refractivity contribution in [1.82, 2.24) is 14.8 Å². The number of amides is 1. The molecule has 6 nitrogen and oxygen atoms in total. The molecule has 0 radical (unpaired) electrons. The smallest absolute Gasteiger partial charge is 0.234 e. The van der Waals surface area contributed by atoms with E-state index in [2.05, 4.69) is 27.6 Å². The van der Waals surface area contributed by atoms with Crippen molar-refractivity contribution in [3.63, 3.8) is 0 Å². The Morgan fingerprint density at radius 1 is 1.11 bits per heavy atom. The molecule has 0 atom stereocenters. The first kappa shape index (κ1) is 19.9. The Morgan fingerprint density at radius 3 is 2.50 bits per heavy atom. The third-order valence-electron chi connectivity index (χ3n) is 4.29. The maximum absolute atomic E-state index is 12.3. The molecule has 0 spiro atoms. The Hall–Kier alpha value is -2.80. The summed E-state index contributed by atoms with van der Waals surface area (Å²) in [5.41, 5.74) is 5.17. The van der Waals surface area contributed by atoms with Crippen molar-refractivity contribution >= 4 is 29.0 Å². The van der Waals surface area contributed by atoms with Gasteiger partial charge in [-0.15, -0.1) is 10.2 Å². The van der Waals surface area contributed by atoms with Crippen molar-refractivity contribution in [2.75, 3.05) is 30.1 Å². The van der Waals surface area contributed by atoms with Crippen LogP contribution in [-0.2, 0) is 11.8 Å². The molecule has 0 aliphatic rings. The first-order valence-corrected chi connectivity index (χ1v) is 10.00. The molecule has 1 amide bonds. The van der Waals surface area contributed by atoms with E-state index in [9.17, 15) is 4.79 Å². The molecule has 1 N–H and O–H groups in total. The zero-order chi connectivity index (χ0) is 20.3. The number of nitrogens with zero attached hydrogens (tertiary/aromatic N) is 4. The molecule has 0 saturated heterocycles. The van der Waals surface area contributed by atoms with Crippen molar-refractivity contribution in [2.24, 2.45) is 7.05 Å². The Morgan fingerprint density at radius 2 is 1.82 bits per heavy atom. The minimum Gasteiger partial charge on any atom is -0.378 e. The molecule has 0 unspecified atom stereocenters. The van der Waals surface area contributed by atoms with Gasteiger partial charge in [-0.1, -0.05) is 30.0 Å². The Balaban J connectivity index is 1.67. The van der Waals surface area contributed by atoms with Crippen molar-refractivity contribution < 1.29 is 4.79 Å². The van der Waals surface area contributed by atoms with Gasteiger partial charge in [0.2, 0.25) is 5.91 Å². The van der Waals surface area contributed by atoms with E-state index in [0.29, 0.717) is 5.16 Å². The van der Waals surface area contributed by atoms with Crippen LogP contribution in [0, 0.1) is 13.8 Å². The lowest BCUT2D eigenvalue weighted by atomic mass is 10.1. The van der Waals surface area contributed by atoms with E-state index in [-0.39, 0.29) is 11.7 Å². The van der Waals surface area contributed by atoms with Crippen LogP contribution in [0.15, 0.2) is 47.6 Å². The second-order valence-corrected chi connectivity index (χ2v) is 7.97. The quantitative estimate of drug-likeness (QED) is 0.642. The minimum absolute atomic E-state index is 0.0610. The molecule has 0 aliphatic carbocycles. The van der Waals surface area contributed by atoms with Crippen LogP contribution in [0.25, 0.3) is 11.4 Å². The molecule has 1 aromatic heterocycles. The zero-order valence-corrected chi connectivity index (χ0v) is 17.7. The summed E-state index contributed by atoms with van der Waals surface area (Å²) in [7, 11) is 5.93. The normalized spacial score (nSPS) is 10.8. The fraction of sp³-hybridized carbons (Fsp3) is 0.286. The average Bonchev–Trinajstić information content (AvgIpc) is 3.00. The minimum atomic E-state index is -0.0610. The summed E-state index contributed by atoms with van der Waals surface area (Å²) in [6.07, 6.45) is 0. The van der Waals surface area contributed by atoms with Crippen LogP contribution in [-0.4, -0.2) is 40.5 Å². The highest BCUT2D eigenvalue weighted by Gasteiger charge is 2.14. The van der Waals surface area contributed by atoms with Crippen molar-refractivity contribution in [3.05, 3.63) is 53.6 Å². The number of hydrogen-bond acceptors (Lipinski definition) is 5. The van der Waals surface area contributed by atoms with Crippen LogP contribution in [0.3, 0.4) is 0 Å². The van der Waals surface area contributed by atoms with E-state index >= 15 is 0 Å². The van der Waals surface area contributed by atoms with Gasteiger partial charge in [0, 0.05) is 38.1 Å². The highest BCUT2D eigenvalue weighted by Crippen LogP contribution is 2.25.